The highest BCUT2D eigenvalue weighted by molar-refractivity contribution is 7.98. The summed E-state index contributed by atoms with van der Waals surface area (Å²) in [5.74, 6) is -1.34. The number of nitrogens with one attached hydrogen (secondary N) is 2. The molecule has 334 valence electrons. The van der Waals surface area contributed by atoms with Crippen molar-refractivity contribution in [3.05, 3.63) is 53.2 Å². The molecule has 62 heavy (non-hydrogen) atoms. The number of halogens is 4. The van der Waals surface area contributed by atoms with Gasteiger partial charge in [0.1, 0.15) is 5.54 Å². The van der Waals surface area contributed by atoms with E-state index in [1.54, 1.807) is 36.5 Å². The average molecular weight is 900 g/mol. The molecule has 3 saturated heterocycles. The lowest BCUT2D eigenvalue weighted by molar-refractivity contribution is -0.138. The molecular weight excluding hydrogens is 847 g/mol. The molecule has 4 heterocycles. The molecule has 19 heteroatoms. The number of anilines is 1. The Morgan fingerprint density at radius 2 is 1.73 bits per heavy atom. The van der Waals surface area contributed by atoms with Crippen LogP contribution in [0.25, 0.3) is 10.9 Å². The fourth-order valence-electron chi connectivity index (χ4n) is 9.77. The standard InChI is InChI=1S/C43H52F3N9O5S.ClH/c1-25-22-52(23-26(2)53(25)24-36(57)48-34-10-6-9-31-37(50-51(5)38(31)34)32-17-18-35(56)49-39(32)58)19-7-8-27-11-14-29(15-12-27)54-41(60)55(40(59)42(54,3)4)61-30-16-13-28(21-47)33(20-30)43(44,45)46;/h6,9-10,13,16,20,25-27,29,32H,7-8,11-12,14-15,17-19,22-24H2,1-5H3,(H,48,57)(H,49,56,58);1H/t25-,26+,27?,29?,32?;. The van der Waals surface area contributed by atoms with E-state index >= 15 is 0 Å². The van der Waals surface area contributed by atoms with Crippen LogP contribution in [-0.4, -0.2) is 108 Å². The summed E-state index contributed by atoms with van der Waals surface area (Å²) in [6, 6.07) is 9.85. The number of benzene rings is 2. The van der Waals surface area contributed by atoms with Crippen LogP contribution < -0.4 is 10.6 Å². The third-order valence-electron chi connectivity index (χ3n) is 12.8. The van der Waals surface area contributed by atoms with E-state index in [4.69, 9.17) is 5.26 Å². The number of imide groups is 2. The number of amides is 6. The number of para-hydroxylation sites is 1. The molecule has 0 radical (unpaired) electrons. The third-order valence-corrected chi connectivity index (χ3v) is 13.8. The Balaban J connectivity index is 0.00000641. The van der Waals surface area contributed by atoms with Gasteiger partial charge < -0.3 is 15.1 Å². The van der Waals surface area contributed by atoms with Crippen LogP contribution in [0.15, 0.2) is 41.3 Å². The molecule has 1 unspecified atom stereocenters. The van der Waals surface area contributed by atoms with Crippen molar-refractivity contribution in [2.24, 2.45) is 13.0 Å². The topological polar surface area (TPSA) is 164 Å². The van der Waals surface area contributed by atoms with Crippen molar-refractivity contribution in [3.8, 4) is 6.07 Å². The maximum absolute atomic E-state index is 13.7. The molecule has 1 aromatic heterocycles. The van der Waals surface area contributed by atoms with Crippen LogP contribution in [0.3, 0.4) is 0 Å². The number of piperidine rings is 1. The van der Waals surface area contributed by atoms with E-state index in [0.717, 1.165) is 80.0 Å². The van der Waals surface area contributed by atoms with E-state index in [1.807, 2.05) is 18.2 Å². The molecule has 14 nitrogen and oxygen atoms in total. The molecule has 0 bridgehead atoms. The van der Waals surface area contributed by atoms with E-state index in [2.05, 4.69) is 39.4 Å². The first-order chi connectivity index (χ1) is 28.9. The molecule has 3 aromatic rings. The Morgan fingerprint density at radius 1 is 1.03 bits per heavy atom. The largest absolute Gasteiger partial charge is 0.417 e. The molecule has 4 aliphatic rings. The van der Waals surface area contributed by atoms with Crippen molar-refractivity contribution in [2.75, 3.05) is 31.5 Å². The van der Waals surface area contributed by atoms with Crippen molar-refractivity contribution in [1.82, 2.24) is 34.1 Å². The number of carbonyl (C=O) groups is 5. The van der Waals surface area contributed by atoms with E-state index < -0.39 is 40.7 Å². The lowest BCUT2D eigenvalue weighted by Gasteiger charge is -2.44. The van der Waals surface area contributed by atoms with Gasteiger partial charge in [-0.2, -0.15) is 27.8 Å². The summed E-state index contributed by atoms with van der Waals surface area (Å²) < 4.78 is 43.4. The fourth-order valence-corrected chi connectivity index (χ4v) is 10.8. The number of nitrogens with zero attached hydrogens (tertiary/aromatic N) is 7. The fraction of sp³-hybridized carbons (Fsp3) is 0.558. The first kappa shape index (κ1) is 46.8. The zero-order chi connectivity index (χ0) is 44.0. The summed E-state index contributed by atoms with van der Waals surface area (Å²) in [5.41, 5.74) is -0.877. The third kappa shape index (κ3) is 9.46. The van der Waals surface area contributed by atoms with E-state index in [1.165, 1.54) is 6.07 Å². The molecular formula is C43H53ClF3N9O5S. The Morgan fingerprint density at radius 3 is 2.37 bits per heavy atom. The van der Waals surface area contributed by atoms with Crippen LogP contribution in [0.1, 0.15) is 102 Å². The van der Waals surface area contributed by atoms with Gasteiger partial charge in [-0.3, -0.25) is 34.1 Å². The summed E-state index contributed by atoms with van der Waals surface area (Å²) in [7, 11) is 1.78. The SMILES string of the molecule is C[C@@H]1CN(CCCC2CCC(N3C(=O)N(Sc4ccc(C#N)c(C(F)(F)F)c4)C(=O)C3(C)C)CC2)C[C@H](C)N1CC(=O)Nc1cccc2c(C3CCC(=O)NC3=O)nn(C)c12.Cl. The number of carbonyl (C=O) groups excluding carboxylic acids is 5. The van der Waals surface area contributed by atoms with Gasteiger partial charge in [-0.1, -0.05) is 12.1 Å². The van der Waals surface area contributed by atoms with Gasteiger partial charge in [0.2, 0.25) is 17.7 Å². The van der Waals surface area contributed by atoms with Gasteiger partial charge >= 0.3 is 12.2 Å². The van der Waals surface area contributed by atoms with E-state index in [0.29, 0.717) is 41.2 Å². The second-order valence-corrected chi connectivity index (χ2v) is 18.4. The number of alkyl halides is 3. The van der Waals surface area contributed by atoms with Crippen molar-refractivity contribution in [2.45, 2.75) is 120 Å². The van der Waals surface area contributed by atoms with Gasteiger partial charge in [-0.05, 0) is 121 Å². The summed E-state index contributed by atoms with van der Waals surface area (Å²) in [5, 5.41) is 20.0. The van der Waals surface area contributed by atoms with Gasteiger partial charge in [0.25, 0.3) is 5.91 Å². The van der Waals surface area contributed by atoms with Crippen molar-refractivity contribution < 1.29 is 37.1 Å². The van der Waals surface area contributed by atoms with Crippen LogP contribution in [0.2, 0.25) is 0 Å². The molecule has 2 aromatic carbocycles. The maximum Gasteiger partial charge on any atom is 0.417 e. The molecule has 0 spiro atoms. The number of hydrogen-bond donors (Lipinski definition) is 2. The Bertz CT molecular complexity index is 2260. The number of aromatic nitrogens is 2. The van der Waals surface area contributed by atoms with Gasteiger partial charge in [0, 0.05) is 55.0 Å². The van der Waals surface area contributed by atoms with Crippen molar-refractivity contribution in [1.29, 1.82) is 5.26 Å². The lowest BCUT2D eigenvalue weighted by atomic mass is 9.81. The number of fused-ring (bicyclic) bond motifs is 1. The lowest BCUT2D eigenvalue weighted by Crippen LogP contribution is -2.58. The smallest absolute Gasteiger partial charge is 0.323 e. The molecule has 7 rings (SSSR count). The van der Waals surface area contributed by atoms with Crippen LogP contribution in [0.4, 0.5) is 23.7 Å². The summed E-state index contributed by atoms with van der Waals surface area (Å²) in [4.78, 5) is 71.4. The normalized spacial score (nSPS) is 24.9. The van der Waals surface area contributed by atoms with Crippen LogP contribution in [0, 0.1) is 17.2 Å². The minimum Gasteiger partial charge on any atom is -0.323 e. The number of rotatable bonds is 11. The highest BCUT2D eigenvalue weighted by Crippen LogP contribution is 2.43. The first-order valence-corrected chi connectivity index (χ1v) is 21.7. The molecule has 1 aliphatic carbocycles. The zero-order valence-electron chi connectivity index (χ0n) is 35.5. The molecule has 3 atom stereocenters. The van der Waals surface area contributed by atoms with Gasteiger partial charge in [0.05, 0.1) is 46.6 Å². The Labute approximate surface area is 369 Å². The summed E-state index contributed by atoms with van der Waals surface area (Å²) in [6.45, 7) is 10.4. The second-order valence-electron chi connectivity index (χ2n) is 17.4. The molecule has 3 aliphatic heterocycles. The zero-order valence-corrected chi connectivity index (χ0v) is 37.1. The number of hydrogen-bond acceptors (Lipinski definition) is 10. The quantitative estimate of drug-likeness (QED) is 0.119. The van der Waals surface area contributed by atoms with Crippen LogP contribution in [-0.2, 0) is 32.4 Å². The number of urea groups is 1. The van der Waals surface area contributed by atoms with Gasteiger partial charge in [-0.15, -0.1) is 12.4 Å². The van der Waals surface area contributed by atoms with Crippen molar-refractivity contribution in [3.63, 3.8) is 0 Å². The van der Waals surface area contributed by atoms with Crippen LogP contribution >= 0.6 is 24.4 Å². The number of nitriles is 1. The van der Waals surface area contributed by atoms with E-state index in [9.17, 15) is 37.1 Å². The molecule has 1 saturated carbocycles. The Hall–Kier alpha value is -4.70. The molecule has 6 amide bonds. The van der Waals surface area contributed by atoms with Crippen LogP contribution in [0.5, 0.6) is 0 Å². The summed E-state index contributed by atoms with van der Waals surface area (Å²) >= 11 is 0.656. The Kier molecular flexibility index (Phi) is 14.0. The second kappa shape index (κ2) is 18.6. The average Bonchev–Trinajstić information content (AvgIpc) is 3.62. The molecule has 2 N–H and O–H groups in total. The maximum atomic E-state index is 13.7. The van der Waals surface area contributed by atoms with Gasteiger partial charge in [-0.25, -0.2) is 4.79 Å². The predicted molar refractivity (Wildman–Crippen MR) is 229 cm³/mol. The van der Waals surface area contributed by atoms with E-state index in [-0.39, 0.29) is 66.1 Å². The van der Waals surface area contributed by atoms with Gasteiger partial charge in [0.15, 0.2) is 0 Å². The van der Waals surface area contributed by atoms with Crippen molar-refractivity contribution >= 4 is 70.6 Å². The predicted octanol–water partition coefficient (Wildman–Crippen LogP) is 6.83. The monoisotopic (exact) mass is 899 g/mol. The number of piperazine rings is 1. The first-order valence-electron chi connectivity index (χ1n) is 20.9. The highest BCUT2D eigenvalue weighted by atomic mass is 35.5. The minimum absolute atomic E-state index is 0. The number of aryl methyl sites for hydroxylation is 1. The minimum atomic E-state index is -4.76. The summed E-state index contributed by atoms with van der Waals surface area (Å²) in [6.07, 6.45) is 1.17. The molecule has 4 fully saturated rings. The highest BCUT2D eigenvalue weighted by Gasteiger charge is 2.54.